The number of nitrogens with one attached hydrogen (secondary N) is 2. The summed E-state index contributed by atoms with van der Waals surface area (Å²) in [5, 5.41) is 5.72. The summed E-state index contributed by atoms with van der Waals surface area (Å²) in [5.41, 5.74) is 2.98. The third-order valence-electron chi connectivity index (χ3n) is 6.25. The molecule has 2 atom stereocenters. The van der Waals surface area contributed by atoms with E-state index in [1.54, 1.807) is 0 Å². The van der Waals surface area contributed by atoms with Gasteiger partial charge in [-0.05, 0) is 56.6 Å². The Morgan fingerprint density at radius 2 is 2.07 bits per heavy atom. The Bertz CT molecular complexity index is 776. The number of rotatable bonds is 6. The van der Waals surface area contributed by atoms with Crippen LogP contribution in [-0.4, -0.2) is 41.4 Å². The van der Waals surface area contributed by atoms with E-state index in [0.29, 0.717) is 13.0 Å². The fourth-order valence-corrected chi connectivity index (χ4v) is 4.47. The van der Waals surface area contributed by atoms with E-state index in [9.17, 15) is 14.4 Å². The minimum atomic E-state index is -0.807. The molecule has 0 bridgehead atoms. The first-order valence-electron chi connectivity index (χ1n) is 10.3. The summed E-state index contributed by atoms with van der Waals surface area (Å²) in [5.74, 6) is -0.428. The van der Waals surface area contributed by atoms with E-state index >= 15 is 0 Å². The molecule has 1 saturated heterocycles. The van der Waals surface area contributed by atoms with Crippen molar-refractivity contribution in [1.29, 1.82) is 0 Å². The van der Waals surface area contributed by atoms with Gasteiger partial charge in [0, 0.05) is 6.54 Å². The van der Waals surface area contributed by atoms with Gasteiger partial charge in [0.05, 0.1) is 0 Å². The maximum absolute atomic E-state index is 12.9. The summed E-state index contributed by atoms with van der Waals surface area (Å²) >= 11 is 0. The Hall–Kier alpha value is -2.37. The van der Waals surface area contributed by atoms with Crippen LogP contribution in [0.25, 0.3) is 0 Å². The summed E-state index contributed by atoms with van der Waals surface area (Å²) in [6, 6.07) is 5.95. The van der Waals surface area contributed by atoms with E-state index in [1.807, 2.05) is 6.92 Å². The van der Waals surface area contributed by atoms with Gasteiger partial charge in [-0.1, -0.05) is 43.5 Å². The minimum absolute atomic E-state index is 0.100. The van der Waals surface area contributed by atoms with E-state index in [1.165, 1.54) is 16.7 Å². The van der Waals surface area contributed by atoms with Gasteiger partial charge in [-0.2, -0.15) is 0 Å². The van der Waals surface area contributed by atoms with Crippen LogP contribution in [0.15, 0.2) is 18.2 Å². The van der Waals surface area contributed by atoms with E-state index in [-0.39, 0.29) is 24.3 Å². The number of urea groups is 1. The highest BCUT2D eigenvalue weighted by atomic mass is 16.2. The minimum Gasteiger partial charge on any atom is -0.355 e. The van der Waals surface area contributed by atoms with Crippen molar-refractivity contribution in [2.24, 2.45) is 5.92 Å². The smallest absolute Gasteiger partial charge is 0.325 e. The summed E-state index contributed by atoms with van der Waals surface area (Å²) in [7, 11) is 0. The molecule has 1 aromatic rings. The number of amides is 4. The quantitative estimate of drug-likeness (QED) is 0.584. The zero-order valence-corrected chi connectivity index (χ0v) is 17.1. The third kappa shape index (κ3) is 4.05. The zero-order chi connectivity index (χ0) is 20.3. The average Bonchev–Trinajstić information content (AvgIpc) is 2.88. The Morgan fingerprint density at radius 3 is 2.79 bits per heavy atom. The van der Waals surface area contributed by atoms with Gasteiger partial charge >= 0.3 is 6.03 Å². The molecule has 1 aliphatic heterocycles. The van der Waals surface area contributed by atoms with Crippen LogP contribution in [0.4, 0.5) is 4.79 Å². The molecule has 6 heteroatoms. The van der Waals surface area contributed by atoms with Crippen LogP contribution in [-0.2, 0) is 16.0 Å². The molecule has 0 aromatic heterocycles. The number of carbonyl (C=O) groups excluding carboxylic acids is 3. The lowest BCUT2D eigenvalue weighted by molar-refractivity contribution is -0.137. The first-order chi connectivity index (χ1) is 13.3. The molecule has 2 N–H and O–H groups in total. The van der Waals surface area contributed by atoms with Crippen molar-refractivity contribution in [3.8, 4) is 0 Å². The third-order valence-corrected chi connectivity index (χ3v) is 6.25. The Balaban J connectivity index is 1.48. The van der Waals surface area contributed by atoms with Crippen molar-refractivity contribution < 1.29 is 14.4 Å². The molecule has 1 aliphatic carbocycles. The average molecular weight is 386 g/mol. The fourth-order valence-electron chi connectivity index (χ4n) is 4.47. The largest absolute Gasteiger partial charge is 0.355 e. The molecule has 0 radical (unpaired) electrons. The molecule has 1 spiro atoms. The highest BCUT2D eigenvalue weighted by Gasteiger charge is 2.55. The Labute approximate surface area is 167 Å². The van der Waals surface area contributed by atoms with Gasteiger partial charge in [0.15, 0.2) is 0 Å². The second-order valence-electron chi connectivity index (χ2n) is 8.32. The molecule has 6 nitrogen and oxygen atoms in total. The molecule has 28 heavy (non-hydrogen) atoms. The molecular formula is C22H31N3O3. The number of nitrogens with zero attached hydrogens (tertiary/aromatic N) is 1. The summed E-state index contributed by atoms with van der Waals surface area (Å²) in [4.78, 5) is 38.6. The topological polar surface area (TPSA) is 78.5 Å². The molecule has 2 unspecified atom stereocenters. The normalized spacial score (nSPS) is 24.5. The van der Waals surface area contributed by atoms with Crippen molar-refractivity contribution in [3.63, 3.8) is 0 Å². The Morgan fingerprint density at radius 1 is 1.29 bits per heavy atom. The predicted molar refractivity (Wildman–Crippen MR) is 108 cm³/mol. The molecule has 1 aromatic carbocycles. The van der Waals surface area contributed by atoms with Crippen LogP contribution in [0.2, 0.25) is 0 Å². The molecule has 1 saturated carbocycles. The lowest BCUT2D eigenvalue weighted by Gasteiger charge is -2.36. The van der Waals surface area contributed by atoms with E-state index in [2.05, 4.69) is 42.7 Å². The molecule has 3 rings (SSSR count). The highest BCUT2D eigenvalue weighted by molar-refractivity contribution is 6.09. The molecule has 2 aliphatic rings. The lowest BCUT2D eigenvalue weighted by atomic mass is 9.73. The van der Waals surface area contributed by atoms with Crippen molar-refractivity contribution in [3.05, 3.63) is 34.9 Å². The first-order valence-corrected chi connectivity index (χ1v) is 10.3. The number of benzene rings is 1. The monoisotopic (exact) mass is 385 g/mol. The predicted octanol–water partition coefficient (Wildman–Crippen LogP) is 2.85. The van der Waals surface area contributed by atoms with E-state index in [4.69, 9.17) is 0 Å². The van der Waals surface area contributed by atoms with Gasteiger partial charge in [-0.15, -0.1) is 0 Å². The van der Waals surface area contributed by atoms with Gasteiger partial charge < -0.3 is 10.6 Å². The lowest BCUT2D eigenvalue weighted by Crippen LogP contribution is -2.54. The van der Waals surface area contributed by atoms with Gasteiger partial charge in [-0.25, -0.2) is 4.79 Å². The first kappa shape index (κ1) is 20.4. The van der Waals surface area contributed by atoms with Crippen molar-refractivity contribution in [2.45, 2.75) is 64.8 Å². The SMILES string of the molecule is Cc1ccc(CCCNC(=O)CN2C(=O)NC3(CCCCC3C)C2=O)c(C)c1. The van der Waals surface area contributed by atoms with Crippen LogP contribution in [0, 0.1) is 19.8 Å². The number of carbonyl (C=O) groups is 3. The van der Waals surface area contributed by atoms with Crippen molar-refractivity contribution >= 4 is 17.8 Å². The van der Waals surface area contributed by atoms with Gasteiger partial charge in [0.1, 0.15) is 12.1 Å². The summed E-state index contributed by atoms with van der Waals surface area (Å²) in [6.07, 6.45) is 5.28. The second kappa shape index (κ2) is 8.33. The van der Waals surface area contributed by atoms with E-state index in [0.717, 1.165) is 37.0 Å². The summed E-state index contributed by atoms with van der Waals surface area (Å²) < 4.78 is 0. The maximum atomic E-state index is 12.9. The van der Waals surface area contributed by atoms with Crippen LogP contribution in [0.3, 0.4) is 0 Å². The van der Waals surface area contributed by atoms with Gasteiger partial charge in [0.2, 0.25) is 5.91 Å². The van der Waals surface area contributed by atoms with Crippen molar-refractivity contribution in [2.75, 3.05) is 13.1 Å². The fraction of sp³-hybridized carbons (Fsp3) is 0.591. The summed E-state index contributed by atoms with van der Waals surface area (Å²) in [6.45, 7) is 6.50. The molecule has 152 valence electrons. The van der Waals surface area contributed by atoms with Gasteiger partial charge in [0.25, 0.3) is 5.91 Å². The zero-order valence-electron chi connectivity index (χ0n) is 17.1. The maximum Gasteiger partial charge on any atom is 0.325 e. The number of imide groups is 1. The molecule has 4 amide bonds. The Kier molecular flexibility index (Phi) is 6.06. The number of hydrogen-bond donors (Lipinski definition) is 2. The van der Waals surface area contributed by atoms with Crippen LogP contribution >= 0.6 is 0 Å². The molecule has 1 heterocycles. The second-order valence-corrected chi connectivity index (χ2v) is 8.32. The van der Waals surface area contributed by atoms with Crippen LogP contribution in [0.5, 0.6) is 0 Å². The molecular weight excluding hydrogens is 354 g/mol. The molecule has 2 fully saturated rings. The van der Waals surface area contributed by atoms with Crippen LogP contribution in [0.1, 0.15) is 55.7 Å². The highest BCUT2D eigenvalue weighted by Crippen LogP contribution is 2.38. The van der Waals surface area contributed by atoms with E-state index < -0.39 is 11.6 Å². The van der Waals surface area contributed by atoms with Crippen molar-refractivity contribution in [1.82, 2.24) is 15.5 Å². The number of hydrogen-bond acceptors (Lipinski definition) is 3. The van der Waals surface area contributed by atoms with Crippen LogP contribution < -0.4 is 10.6 Å². The standard InChI is InChI=1S/C22H31N3O3/c1-15-9-10-18(16(2)13-15)8-6-12-23-19(26)14-25-20(27)22(24-21(25)28)11-5-4-7-17(22)3/h9-10,13,17H,4-8,11-12,14H2,1-3H3,(H,23,26)(H,24,28). The number of aryl methyl sites for hydroxylation is 3. The van der Waals surface area contributed by atoms with Gasteiger partial charge in [-0.3, -0.25) is 14.5 Å².